The lowest BCUT2D eigenvalue weighted by atomic mass is 10.1. The van der Waals surface area contributed by atoms with Gasteiger partial charge in [-0.1, -0.05) is 38.1 Å². The van der Waals surface area contributed by atoms with Crippen LogP contribution in [-0.2, 0) is 14.3 Å². The molecule has 9 nitrogen and oxygen atoms in total. The second-order valence-electron chi connectivity index (χ2n) is 7.08. The molecule has 0 aliphatic carbocycles. The lowest BCUT2D eigenvalue weighted by Gasteiger charge is -2.11. The molecule has 0 saturated heterocycles. The van der Waals surface area contributed by atoms with Crippen molar-refractivity contribution in [1.29, 1.82) is 0 Å². The van der Waals surface area contributed by atoms with Gasteiger partial charge in [-0.2, -0.15) is 0 Å². The van der Waals surface area contributed by atoms with Crippen molar-refractivity contribution in [2.24, 2.45) is 16.1 Å². The zero-order valence-electron chi connectivity index (χ0n) is 19.2. The molecule has 9 heteroatoms. The van der Waals surface area contributed by atoms with E-state index in [1.54, 1.807) is 55.5 Å². The van der Waals surface area contributed by atoms with E-state index in [0.717, 1.165) is 0 Å². The highest BCUT2D eigenvalue weighted by molar-refractivity contribution is 6.04. The minimum Gasteiger partial charge on any atom is -0.510 e. The van der Waals surface area contributed by atoms with Crippen molar-refractivity contribution in [3.63, 3.8) is 0 Å². The van der Waals surface area contributed by atoms with E-state index < -0.39 is 5.91 Å². The van der Waals surface area contributed by atoms with Gasteiger partial charge in [0.1, 0.15) is 36.2 Å². The first-order chi connectivity index (χ1) is 15.9. The molecule has 176 valence electrons. The van der Waals surface area contributed by atoms with Gasteiger partial charge in [-0.05, 0) is 37.6 Å². The normalized spacial score (nSPS) is 12.6. The molecule has 33 heavy (non-hydrogen) atoms. The monoisotopic (exact) mass is 455 g/mol. The smallest absolute Gasteiger partial charge is 0.308 e. The third kappa shape index (κ3) is 7.64. The standard InChI is InChI=1S/C24H29N3O6/c1-5-16(2)24(30)33-15-14-32-21-13-9-7-11-19(21)26-27-22(17(3)28)23(29)25-18-10-6-8-12-20(18)31-4/h6-13,16,28H,5,14-15H2,1-4H3,(H,25,29). The number of carbonyl (C=O) groups excluding carboxylic acids is 2. The lowest BCUT2D eigenvalue weighted by molar-refractivity contribution is -0.148. The molecule has 1 atom stereocenters. The van der Waals surface area contributed by atoms with Crippen LogP contribution in [0.2, 0.25) is 0 Å². The van der Waals surface area contributed by atoms with Crippen LogP contribution in [0.1, 0.15) is 27.2 Å². The van der Waals surface area contributed by atoms with Crippen molar-refractivity contribution in [2.75, 3.05) is 25.6 Å². The molecule has 0 saturated carbocycles. The summed E-state index contributed by atoms with van der Waals surface area (Å²) in [7, 11) is 1.49. The molecule has 2 N–H and O–H groups in total. The summed E-state index contributed by atoms with van der Waals surface area (Å²) in [5.41, 5.74) is 0.502. The van der Waals surface area contributed by atoms with Crippen LogP contribution >= 0.6 is 0 Å². The Labute approximate surface area is 193 Å². The SMILES string of the molecule is CCC(C)C(=O)OCCOc1ccccc1N=NC(C(=O)Nc1ccccc1OC)=C(C)O. The van der Waals surface area contributed by atoms with Crippen molar-refractivity contribution >= 4 is 23.3 Å². The van der Waals surface area contributed by atoms with Gasteiger partial charge in [-0.3, -0.25) is 9.59 Å². The number of amides is 1. The average Bonchev–Trinajstić information content (AvgIpc) is 2.82. The number of aliphatic hydroxyl groups is 1. The third-order valence-electron chi connectivity index (χ3n) is 4.64. The number of esters is 1. The Bertz CT molecular complexity index is 1010. The van der Waals surface area contributed by atoms with Gasteiger partial charge in [0, 0.05) is 0 Å². The van der Waals surface area contributed by atoms with Crippen LogP contribution in [0.3, 0.4) is 0 Å². The molecule has 0 heterocycles. The highest BCUT2D eigenvalue weighted by Crippen LogP contribution is 2.29. The largest absolute Gasteiger partial charge is 0.510 e. The summed E-state index contributed by atoms with van der Waals surface area (Å²) >= 11 is 0. The molecule has 0 radical (unpaired) electrons. The first kappa shape index (κ1) is 25.4. The van der Waals surface area contributed by atoms with Crippen molar-refractivity contribution in [2.45, 2.75) is 27.2 Å². The molecular formula is C24H29N3O6. The van der Waals surface area contributed by atoms with E-state index in [0.29, 0.717) is 29.3 Å². The number of para-hydroxylation sites is 3. The molecule has 0 aromatic heterocycles. The summed E-state index contributed by atoms with van der Waals surface area (Å²) in [5, 5.41) is 20.6. The molecule has 0 spiro atoms. The maximum atomic E-state index is 12.7. The number of rotatable bonds is 11. The minimum atomic E-state index is -0.654. The van der Waals surface area contributed by atoms with E-state index in [9.17, 15) is 14.7 Å². The first-order valence-electron chi connectivity index (χ1n) is 10.5. The summed E-state index contributed by atoms with van der Waals surface area (Å²) in [6, 6.07) is 13.7. The maximum Gasteiger partial charge on any atom is 0.308 e. The summed E-state index contributed by atoms with van der Waals surface area (Å²) in [6.45, 7) is 5.28. The number of azo groups is 1. The average molecular weight is 456 g/mol. The number of aliphatic hydroxyl groups excluding tert-OH is 1. The van der Waals surface area contributed by atoms with Crippen LogP contribution in [0.15, 0.2) is 70.2 Å². The lowest BCUT2D eigenvalue weighted by Crippen LogP contribution is -2.17. The van der Waals surface area contributed by atoms with Crippen molar-refractivity contribution in [3.8, 4) is 11.5 Å². The molecule has 2 aromatic rings. The molecule has 1 amide bonds. The number of benzene rings is 2. The van der Waals surface area contributed by atoms with Crippen LogP contribution in [0.5, 0.6) is 11.5 Å². The molecule has 1 unspecified atom stereocenters. The Hall–Kier alpha value is -3.88. The highest BCUT2D eigenvalue weighted by Gasteiger charge is 2.16. The third-order valence-corrected chi connectivity index (χ3v) is 4.64. The molecule has 0 aliphatic heterocycles. The van der Waals surface area contributed by atoms with Gasteiger partial charge in [-0.25, -0.2) is 0 Å². The maximum absolute atomic E-state index is 12.7. The Morgan fingerprint density at radius 2 is 1.73 bits per heavy atom. The van der Waals surface area contributed by atoms with Crippen molar-refractivity contribution in [1.82, 2.24) is 0 Å². The van der Waals surface area contributed by atoms with Crippen LogP contribution < -0.4 is 14.8 Å². The Morgan fingerprint density at radius 1 is 1.06 bits per heavy atom. The van der Waals surface area contributed by atoms with E-state index in [-0.39, 0.29) is 36.6 Å². The summed E-state index contributed by atoms with van der Waals surface area (Å²) in [6.07, 6.45) is 0.702. The molecule has 2 aromatic carbocycles. The fourth-order valence-corrected chi connectivity index (χ4v) is 2.58. The van der Waals surface area contributed by atoms with Gasteiger partial charge in [0.05, 0.1) is 18.7 Å². The number of allylic oxidation sites excluding steroid dienone is 1. The van der Waals surface area contributed by atoms with Crippen molar-refractivity contribution < 1.29 is 28.9 Å². The summed E-state index contributed by atoms with van der Waals surface area (Å²) in [5.74, 6) is -0.546. The predicted octanol–water partition coefficient (Wildman–Crippen LogP) is 5.18. The van der Waals surface area contributed by atoms with Gasteiger partial charge >= 0.3 is 5.97 Å². The van der Waals surface area contributed by atoms with Crippen LogP contribution in [0, 0.1) is 5.92 Å². The predicted molar refractivity (Wildman–Crippen MR) is 124 cm³/mol. The van der Waals surface area contributed by atoms with E-state index in [2.05, 4.69) is 15.5 Å². The topological polar surface area (TPSA) is 119 Å². The molecule has 0 bridgehead atoms. The number of nitrogens with zero attached hydrogens (tertiary/aromatic N) is 2. The molecule has 2 rings (SSSR count). The Kier molecular flexibility index (Phi) is 9.88. The van der Waals surface area contributed by atoms with Gasteiger partial charge < -0.3 is 24.6 Å². The van der Waals surface area contributed by atoms with Gasteiger partial charge in [0.25, 0.3) is 5.91 Å². The highest BCUT2D eigenvalue weighted by atomic mass is 16.6. The van der Waals surface area contributed by atoms with Crippen molar-refractivity contribution in [3.05, 3.63) is 60.0 Å². The summed E-state index contributed by atoms with van der Waals surface area (Å²) < 4.78 is 16.0. The quantitative estimate of drug-likeness (QED) is 0.159. The van der Waals surface area contributed by atoms with E-state index in [1.165, 1.54) is 14.0 Å². The minimum absolute atomic E-state index is 0.0941. The van der Waals surface area contributed by atoms with E-state index >= 15 is 0 Å². The zero-order chi connectivity index (χ0) is 24.2. The zero-order valence-corrected chi connectivity index (χ0v) is 19.2. The van der Waals surface area contributed by atoms with Gasteiger partial charge in [0.2, 0.25) is 0 Å². The second-order valence-corrected chi connectivity index (χ2v) is 7.08. The summed E-state index contributed by atoms with van der Waals surface area (Å²) in [4.78, 5) is 24.4. The second kappa shape index (κ2) is 12.8. The number of hydrogen-bond acceptors (Lipinski definition) is 8. The fraction of sp³-hybridized carbons (Fsp3) is 0.333. The van der Waals surface area contributed by atoms with E-state index in [4.69, 9.17) is 14.2 Å². The van der Waals surface area contributed by atoms with Crippen LogP contribution in [-0.4, -0.2) is 37.3 Å². The number of nitrogens with one attached hydrogen (secondary N) is 1. The number of ether oxygens (including phenoxy) is 3. The number of methoxy groups -OCH3 is 1. The number of hydrogen-bond donors (Lipinski definition) is 2. The Morgan fingerprint density at radius 3 is 2.39 bits per heavy atom. The van der Waals surface area contributed by atoms with Crippen LogP contribution in [0.4, 0.5) is 11.4 Å². The number of anilines is 1. The van der Waals surface area contributed by atoms with Crippen LogP contribution in [0.25, 0.3) is 0 Å². The fourth-order valence-electron chi connectivity index (χ4n) is 2.58. The van der Waals surface area contributed by atoms with Gasteiger partial charge in [-0.15, -0.1) is 10.2 Å². The first-order valence-corrected chi connectivity index (χ1v) is 10.5. The van der Waals surface area contributed by atoms with Gasteiger partial charge in [0.15, 0.2) is 5.70 Å². The van der Waals surface area contributed by atoms with E-state index in [1.807, 2.05) is 6.92 Å². The molecule has 0 fully saturated rings. The number of carbonyl (C=O) groups is 2. The Balaban J connectivity index is 2.07. The molecule has 0 aliphatic rings. The molecular weight excluding hydrogens is 426 g/mol.